The van der Waals surface area contributed by atoms with Crippen molar-refractivity contribution in [1.82, 2.24) is 0 Å². The van der Waals surface area contributed by atoms with Crippen molar-refractivity contribution in [1.29, 1.82) is 5.26 Å². The van der Waals surface area contributed by atoms with Crippen molar-refractivity contribution in [2.75, 3.05) is 6.79 Å². The zero-order chi connectivity index (χ0) is 11.5. The van der Waals surface area contributed by atoms with Gasteiger partial charge >= 0.3 is 0 Å². The molecule has 1 aliphatic rings. The smallest absolute Gasteiger partial charge is 0.231 e. The predicted octanol–water partition coefficient (Wildman–Crippen LogP) is 3.06. The first-order valence-electron chi connectivity index (χ1n) is 5.16. The second kappa shape index (κ2) is 4.67. The van der Waals surface area contributed by atoms with Crippen molar-refractivity contribution in [3.05, 3.63) is 18.2 Å². The van der Waals surface area contributed by atoms with E-state index in [1.807, 2.05) is 32.0 Å². The summed E-state index contributed by atoms with van der Waals surface area (Å²) >= 11 is 1.57. The molecule has 0 aliphatic carbocycles. The first kappa shape index (κ1) is 11.2. The second-order valence-electron chi connectivity index (χ2n) is 3.93. The highest BCUT2D eigenvalue weighted by Crippen LogP contribution is 2.37. The SMILES string of the molecule is CC(C)C(C#N)Sc1ccc2c(c1)OCO2. The van der Waals surface area contributed by atoms with Gasteiger partial charge in [-0.1, -0.05) is 13.8 Å². The van der Waals surface area contributed by atoms with E-state index in [4.69, 9.17) is 14.7 Å². The number of ether oxygens (including phenoxy) is 2. The molecular formula is C12H13NO2S. The molecule has 1 aromatic rings. The summed E-state index contributed by atoms with van der Waals surface area (Å²) in [6.45, 7) is 4.39. The molecule has 16 heavy (non-hydrogen) atoms. The molecule has 0 fully saturated rings. The van der Waals surface area contributed by atoms with Gasteiger partial charge in [0.25, 0.3) is 0 Å². The van der Waals surface area contributed by atoms with Crippen LogP contribution in [-0.4, -0.2) is 12.0 Å². The van der Waals surface area contributed by atoms with E-state index in [0.717, 1.165) is 16.4 Å². The molecule has 1 unspecified atom stereocenters. The maximum absolute atomic E-state index is 9.02. The maximum Gasteiger partial charge on any atom is 0.231 e. The van der Waals surface area contributed by atoms with Crippen molar-refractivity contribution < 1.29 is 9.47 Å². The van der Waals surface area contributed by atoms with Crippen LogP contribution in [0.25, 0.3) is 0 Å². The lowest BCUT2D eigenvalue weighted by molar-refractivity contribution is 0.174. The molecule has 0 radical (unpaired) electrons. The average molecular weight is 235 g/mol. The molecule has 0 amide bonds. The standard InChI is InChI=1S/C12H13NO2S/c1-8(2)12(6-13)16-9-3-4-10-11(5-9)15-7-14-10/h3-5,8,12H,7H2,1-2H3. The normalized spacial score (nSPS) is 14.9. The van der Waals surface area contributed by atoms with Gasteiger partial charge in [-0.2, -0.15) is 5.26 Å². The molecular weight excluding hydrogens is 222 g/mol. The number of rotatable bonds is 3. The molecule has 2 rings (SSSR count). The Balaban J connectivity index is 2.14. The first-order chi connectivity index (χ1) is 7.70. The van der Waals surface area contributed by atoms with Gasteiger partial charge in [0.15, 0.2) is 11.5 Å². The number of nitrogens with zero attached hydrogens (tertiary/aromatic N) is 1. The van der Waals surface area contributed by atoms with Crippen LogP contribution >= 0.6 is 11.8 Å². The van der Waals surface area contributed by atoms with Gasteiger partial charge in [0.05, 0.1) is 11.3 Å². The van der Waals surface area contributed by atoms with Crippen molar-refractivity contribution in [3.63, 3.8) is 0 Å². The fourth-order valence-corrected chi connectivity index (χ4v) is 2.35. The number of benzene rings is 1. The molecule has 1 heterocycles. The molecule has 1 aromatic carbocycles. The van der Waals surface area contributed by atoms with E-state index in [0.29, 0.717) is 5.92 Å². The Hall–Kier alpha value is -1.34. The zero-order valence-electron chi connectivity index (χ0n) is 9.27. The van der Waals surface area contributed by atoms with Crippen molar-refractivity contribution in [3.8, 4) is 17.6 Å². The number of thioether (sulfide) groups is 1. The fraction of sp³-hybridized carbons (Fsp3) is 0.417. The Morgan fingerprint density at radius 2 is 2.06 bits per heavy atom. The predicted molar refractivity (Wildman–Crippen MR) is 62.7 cm³/mol. The summed E-state index contributed by atoms with van der Waals surface area (Å²) < 4.78 is 10.5. The monoisotopic (exact) mass is 235 g/mol. The Labute approximate surface area is 99.4 Å². The highest BCUT2D eigenvalue weighted by molar-refractivity contribution is 8.00. The summed E-state index contributed by atoms with van der Waals surface area (Å²) in [5.74, 6) is 1.88. The molecule has 1 aliphatic heterocycles. The molecule has 4 heteroatoms. The van der Waals surface area contributed by atoms with Gasteiger partial charge in [-0.25, -0.2) is 0 Å². The van der Waals surface area contributed by atoms with Crippen molar-refractivity contribution >= 4 is 11.8 Å². The van der Waals surface area contributed by atoms with E-state index in [-0.39, 0.29) is 12.0 Å². The number of hydrogen-bond donors (Lipinski definition) is 0. The lowest BCUT2D eigenvalue weighted by Crippen LogP contribution is -2.07. The van der Waals surface area contributed by atoms with E-state index in [9.17, 15) is 0 Å². The van der Waals surface area contributed by atoms with Crippen LogP contribution in [0.15, 0.2) is 23.1 Å². The molecule has 1 atom stereocenters. The van der Waals surface area contributed by atoms with Gasteiger partial charge in [0, 0.05) is 4.90 Å². The molecule has 0 saturated carbocycles. The third kappa shape index (κ3) is 2.25. The van der Waals surface area contributed by atoms with E-state index in [1.165, 1.54) is 0 Å². The molecule has 0 bridgehead atoms. The van der Waals surface area contributed by atoms with Crippen LogP contribution in [-0.2, 0) is 0 Å². The lowest BCUT2D eigenvalue weighted by Gasteiger charge is -2.12. The summed E-state index contributed by atoms with van der Waals surface area (Å²) in [6.07, 6.45) is 0. The maximum atomic E-state index is 9.02. The second-order valence-corrected chi connectivity index (χ2v) is 5.14. The topological polar surface area (TPSA) is 42.2 Å². The van der Waals surface area contributed by atoms with E-state index >= 15 is 0 Å². The van der Waals surface area contributed by atoms with Gasteiger partial charge in [-0.3, -0.25) is 0 Å². The van der Waals surface area contributed by atoms with Gasteiger partial charge in [0.2, 0.25) is 6.79 Å². The van der Waals surface area contributed by atoms with Crippen LogP contribution < -0.4 is 9.47 Å². The average Bonchev–Trinajstić information content (AvgIpc) is 2.72. The van der Waals surface area contributed by atoms with E-state index in [2.05, 4.69) is 6.07 Å². The Bertz CT molecular complexity index is 426. The van der Waals surface area contributed by atoms with Gasteiger partial charge < -0.3 is 9.47 Å². The van der Waals surface area contributed by atoms with Crippen LogP contribution in [0.3, 0.4) is 0 Å². The van der Waals surface area contributed by atoms with Crippen LogP contribution in [0.1, 0.15) is 13.8 Å². The third-order valence-corrected chi connectivity index (χ3v) is 3.77. The molecule has 3 nitrogen and oxygen atoms in total. The summed E-state index contributed by atoms with van der Waals surface area (Å²) in [7, 11) is 0. The Morgan fingerprint density at radius 1 is 1.31 bits per heavy atom. The molecule has 0 aromatic heterocycles. The van der Waals surface area contributed by atoms with Crippen molar-refractivity contribution in [2.24, 2.45) is 5.92 Å². The third-order valence-electron chi connectivity index (χ3n) is 2.34. The minimum atomic E-state index is -0.0274. The molecule has 0 saturated heterocycles. The summed E-state index contributed by atoms with van der Waals surface area (Å²) in [4.78, 5) is 1.05. The molecule has 0 spiro atoms. The Kier molecular flexibility index (Phi) is 3.25. The summed E-state index contributed by atoms with van der Waals surface area (Å²) in [6, 6.07) is 8.09. The van der Waals surface area contributed by atoms with Crippen molar-refractivity contribution in [2.45, 2.75) is 24.0 Å². The minimum Gasteiger partial charge on any atom is -0.454 e. The largest absolute Gasteiger partial charge is 0.454 e. The lowest BCUT2D eigenvalue weighted by atomic mass is 10.1. The number of nitriles is 1. The van der Waals surface area contributed by atoms with Crippen LogP contribution in [0.5, 0.6) is 11.5 Å². The fourth-order valence-electron chi connectivity index (χ4n) is 1.41. The first-order valence-corrected chi connectivity index (χ1v) is 6.04. The summed E-state index contributed by atoms with van der Waals surface area (Å²) in [5, 5.41) is 9.00. The van der Waals surface area contributed by atoms with Gasteiger partial charge in [-0.05, 0) is 24.1 Å². The van der Waals surface area contributed by atoms with Crippen LogP contribution in [0.2, 0.25) is 0 Å². The van der Waals surface area contributed by atoms with Gasteiger partial charge in [0.1, 0.15) is 0 Å². The number of hydrogen-bond acceptors (Lipinski definition) is 4. The summed E-state index contributed by atoms with van der Waals surface area (Å²) in [5.41, 5.74) is 0. The zero-order valence-corrected chi connectivity index (χ0v) is 10.1. The van der Waals surface area contributed by atoms with Crippen LogP contribution in [0.4, 0.5) is 0 Å². The molecule has 84 valence electrons. The van der Waals surface area contributed by atoms with E-state index in [1.54, 1.807) is 11.8 Å². The highest BCUT2D eigenvalue weighted by Gasteiger charge is 2.17. The quantitative estimate of drug-likeness (QED) is 0.755. The van der Waals surface area contributed by atoms with Crippen LogP contribution in [0, 0.1) is 17.2 Å². The molecule has 0 N–H and O–H groups in total. The minimum absolute atomic E-state index is 0.0274. The highest BCUT2D eigenvalue weighted by atomic mass is 32.2. The van der Waals surface area contributed by atoms with E-state index < -0.39 is 0 Å². The number of fused-ring (bicyclic) bond motifs is 1. The Morgan fingerprint density at radius 3 is 2.75 bits per heavy atom. The van der Waals surface area contributed by atoms with Gasteiger partial charge in [-0.15, -0.1) is 11.8 Å².